The Morgan fingerprint density at radius 1 is 0.219 bits per heavy atom. The second-order valence-corrected chi connectivity index (χ2v) is 6.55. The molecule has 0 unspecified atom stereocenters. The van der Waals surface area contributed by atoms with Gasteiger partial charge in [-0.3, -0.25) is 9.80 Å². The van der Waals surface area contributed by atoms with Gasteiger partial charge < -0.3 is 0 Å². The van der Waals surface area contributed by atoms with E-state index in [2.05, 4.69) is 9.80 Å². The average molecular weight is 472 g/mol. The molecule has 0 spiro atoms. The molecule has 0 saturated carbocycles. The van der Waals surface area contributed by atoms with Gasteiger partial charge in [-0.05, 0) is 0 Å². The highest BCUT2D eigenvalue weighted by Crippen LogP contribution is 1.96. The molecule has 0 aromatic heterocycles. The van der Waals surface area contributed by atoms with Crippen molar-refractivity contribution in [1.82, 2.24) is 9.80 Å². The van der Waals surface area contributed by atoms with Gasteiger partial charge in [-0.1, -0.05) is 0 Å². The minimum Gasteiger partial charge on any atom is -0.296 e. The van der Waals surface area contributed by atoms with Crippen LogP contribution >= 0.6 is 0 Å². The van der Waals surface area contributed by atoms with E-state index in [9.17, 15) is 0 Å². The van der Waals surface area contributed by atoms with Gasteiger partial charge in [-0.2, -0.15) is 0 Å². The summed E-state index contributed by atoms with van der Waals surface area (Å²) in [6.07, 6.45) is 0. The predicted molar refractivity (Wildman–Crippen MR) is 104 cm³/mol. The van der Waals surface area contributed by atoms with E-state index in [1.165, 1.54) is 0 Å². The smallest absolute Gasteiger partial charge is 0.109 e. The van der Waals surface area contributed by atoms with E-state index in [0.29, 0.717) is 78.9 Å². The summed E-state index contributed by atoms with van der Waals surface area (Å²) in [6.45, 7) is 7.14. The van der Waals surface area contributed by atoms with E-state index >= 15 is 0 Å². The van der Waals surface area contributed by atoms with Crippen LogP contribution in [0.4, 0.5) is 0 Å². The Labute approximate surface area is 187 Å². The SMILES string of the molecule is C1COOCCN2CCOOCCOOCCN(CCOO1)CCOOCCOOCC2. The topological polar surface area (TPSA) is 117 Å². The lowest BCUT2D eigenvalue weighted by Crippen LogP contribution is -2.35. The maximum Gasteiger partial charge on any atom is 0.109 e. The van der Waals surface area contributed by atoms with E-state index in [0.717, 1.165) is 0 Å². The van der Waals surface area contributed by atoms with Gasteiger partial charge >= 0.3 is 0 Å². The van der Waals surface area contributed by atoms with Crippen LogP contribution in [0.1, 0.15) is 0 Å². The van der Waals surface area contributed by atoms with Crippen molar-refractivity contribution in [2.45, 2.75) is 0 Å². The van der Waals surface area contributed by atoms with Crippen LogP contribution in [0.2, 0.25) is 0 Å². The van der Waals surface area contributed by atoms with Crippen LogP contribution in [-0.2, 0) is 58.7 Å². The molecule has 190 valence electrons. The first-order valence-corrected chi connectivity index (χ1v) is 10.9. The van der Waals surface area contributed by atoms with Crippen LogP contribution in [-0.4, -0.2) is 128 Å². The monoisotopic (exact) mass is 472 g/mol. The first kappa shape index (κ1) is 27.7. The molecule has 3 saturated heterocycles. The maximum absolute atomic E-state index is 5.19. The Hall–Kier alpha value is -0.560. The van der Waals surface area contributed by atoms with Crippen molar-refractivity contribution < 1.29 is 58.7 Å². The van der Waals surface area contributed by atoms with Gasteiger partial charge in [0.15, 0.2) is 0 Å². The minimum atomic E-state index is 0.244. The summed E-state index contributed by atoms with van der Waals surface area (Å²) < 4.78 is 0. The Kier molecular flexibility index (Phi) is 18.2. The van der Waals surface area contributed by atoms with Crippen molar-refractivity contribution in [3.8, 4) is 0 Å². The zero-order chi connectivity index (χ0) is 22.4. The molecule has 32 heavy (non-hydrogen) atoms. The highest BCUT2D eigenvalue weighted by atomic mass is 17.2. The van der Waals surface area contributed by atoms with Gasteiger partial charge in [0.1, 0.15) is 39.6 Å². The molecule has 3 fully saturated rings. The Morgan fingerprint density at radius 2 is 0.375 bits per heavy atom. The molecular weight excluding hydrogens is 436 g/mol. The van der Waals surface area contributed by atoms with Gasteiger partial charge in [0.2, 0.25) is 0 Å². The quantitative estimate of drug-likeness (QED) is 0.414. The normalized spacial score (nSPS) is 29.2. The van der Waals surface area contributed by atoms with Crippen molar-refractivity contribution in [1.29, 1.82) is 0 Å². The van der Waals surface area contributed by atoms with E-state index < -0.39 is 0 Å². The number of rotatable bonds is 0. The fourth-order valence-electron chi connectivity index (χ4n) is 2.58. The zero-order valence-corrected chi connectivity index (χ0v) is 18.5. The fourth-order valence-corrected chi connectivity index (χ4v) is 2.58. The number of hydrogen-bond acceptors (Lipinski definition) is 14. The van der Waals surface area contributed by atoms with Crippen LogP contribution in [0.5, 0.6) is 0 Å². The molecule has 14 nitrogen and oxygen atoms in total. The van der Waals surface area contributed by atoms with Gasteiger partial charge in [0.05, 0.1) is 39.6 Å². The van der Waals surface area contributed by atoms with Gasteiger partial charge in [-0.15, -0.1) is 0 Å². The van der Waals surface area contributed by atoms with Gasteiger partial charge in [-0.25, -0.2) is 58.7 Å². The lowest BCUT2D eigenvalue weighted by Gasteiger charge is -2.22. The van der Waals surface area contributed by atoms with Crippen LogP contribution in [0.15, 0.2) is 0 Å². The van der Waals surface area contributed by atoms with Crippen molar-refractivity contribution in [2.24, 2.45) is 0 Å². The minimum absolute atomic E-state index is 0.244. The molecule has 0 amide bonds. The second-order valence-electron chi connectivity index (χ2n) is 6.55. The number of nitrogens with zero attached hydrogens (tertiary/aromatic N) is 2. The molecule has 14 heteroatoms. The summed E-state index contributed by atoms with van der Waals surface area (Å²) in [5.74, 6) is 0. The first-order chi connectivity index (χ1) is 15.9. The second kappa shape index (κ2) is 21.0. The Balaban J connectivity index is 1.86. The zero-order valence-electron chi connectivity index (χ0n) is 18.5. The van der Waals surface area contributed by atoms with Crippen molar-refractivity contribution in [3.05, 3.63) is 0 Å². The van der Waals surface area contributed by atoms with Crippen molar-refractivity contribution in [2.75, 3.05) is 119 Å². The Morgan fingerprint density at radius 3 is 0.562 bits per heavy atom. The molecule has 3 aliphatic rings. The third kappa shape index (κ3) is 16.1. The van der Waals surface area contributed by atoms with E-state index in [4.69, 9.17) is 58.7 Å². The van der Waals surface area contributed by atoms with Crippen LogP contribution in [0.3, 0.4) is 0 Å². The fraction of sp³-hybridized carbons (Fsp3) is 1.00. The average Bonchev–Trinajstić information content (AvgIpc) is 2.80. The van der Waals surface area contributed by atoms with Crippen molar-refractivity contribution >= 4 is 0 Å². The third-order valence-electron chi connectivity index (χ3n) is 4.20. The standard InChI is InChI=1S/C18H36N2O12/c1-7-21-27-13-14-30-24-10-4-20-5-11-25-31-17-15-28-22-8-2-19(1)3-9-23-29-16-18-32-26-12-6-20/h1-18H2. The van der Waals surface area contributed by atoms with Crippen LogP contribution in [0.25, 0.3) is 0 Å². The van der Waals surface area contributed by atoms with Crippen molar-refractivity contribution in [3.63, 3.8) is 0 Å². The third-order valence-corrected chi connectivity index (χ3v) is 4.20. The lowest BCUT2D eigenvalue weighted by molar-refractivity contribution is -0.350. The molecule has 0 aromatic rings. The molecule has 0 aliphatic carbocycles. The van der Waals surface area contributed by atoms with Crippen LogP contribution in [0, 0.1) is 0 Å². The molecule has 0 aromatic carbocycles. The molecule has 2 bridgehead atoms. The number of fused-ring (bicyclic) bond motifs is 27. The summed E-state index contributed by atoms with van der Waals surface area (Å²) in [4.78, 5) is 65.9. The molecule has 3 aliphatic heterocycles. The van der Waals surface area contributed by atoms with E-state index in [1.54, 1.807) is 0 Å². The van der Waals surface area contributed by atoms with Crippen LogP contribution < -0.4 is 0 Å². The highest BCUT2D eigenvalue weighted by Gasteiger charge is 2.09. The molecule has 0 radical (unpaired) electrons. The van der Waals surface area contributed by atoms with E-state index in [1.807, 2.05) is 0 Å². The molecule has 0 atom stereocenters. The summed E-state index contributed by atoms with van der Waals surface area (Å²) in [7, 11) is 0. The highest BCUT2D eigenvalue weighted by molar-refractivity contribution is 4.56. The molecule has 3 rings (SSSR count). The van der Waals surface area contributed by atoms with Gasteiger partial charge in [0.25, 0.3) is 0 Å². The Bertz CT molecular complexity index is 319. The molecule has 3 heterocycles. The summed E-state index contributed by atoms with van der Waals surface area (Å²) in [5.41, 5.74) is 0. The maximum atomic E-state index is 5.19. The van der Waals surface area contributed by atoms with E-state index in [-0.39, 0.29) is 39.6 Å². The molecular formula is C18H36N2O12. The summed E-state index contributed by atoms with van der Waals surface area (Å²) >= 11 is 0. The lowest BCUT2D eigenvalue weighted by atomic mass is 10.4. The summed E-state index contributed by atoms with van der Waals surface area (Å²) in [6, 6.07) is 0. The number of hydrogen-bond donors (Lipinski definition) is 0. The summed E-state index contributed by atoms with van der Waals surface area (Å²) in [5, 5.41) is 0. The first-order valence-electron chi connectivity index (χ1n) is 10.9. The predicted octanol–water partition coefficient (Wildman–Crippen LogP) is -0.693. The molecule has 0 N–H and O–H groups in total. The largest absolute Gasteiger partial charge is 0.296 e. The van der Waals surface area contributed by atoms with Gasteiger partial charge in [0, 0.05) is 39.3 Å².